The van der Waals surface area contributed by atoms with E-state index in [-0.39, 0.29) is 11.5 Å². The largest absolute Gasteiger partial charge is 0.454 e. The SMILES string of the molecule is CC1(C)[C@@H](N)[C@@H]1c1ccc(Br)o1. The summed E-state index contributed by atoms with van der Waals surface area (Å²) in [4.78, 5) is 0. The molecule has 1 aliphatic rings. The number of nitrogens with two attached hydrogens (primary N) is 1. The molecule has 12 heavy (non-hydrogen) atoms. The number of hydrogen-bond acceptors (Lipinski definition) is 2. The van der Waals surface area contributed by atoms with Gasteiger partial charge in [-0.25, -0.2) is 0 Å². The molecule has 0 aromatic carbocycles. The smallest absolute Gasteiger partial charge is 0.169 e. The zero-order valence-corrected chi connectivity index (χ0v) is 8.76. The van der Waals surface area contributed by atoms with E-state index in [1.807, 2.05) is 12.1 Å². The van der Waals surface area contributed by atoms with E-state index >= 15 is 0 Å². The maximum atomic E-state index is 5.91. The standard InChI is InChI=1S/C9H12BrNO/c1-9(2)7(8(9)11)5-3-4-6(10)12-5/h3-4,7-8H,11H2,1-2H3/t7-,8-/m0/s1. The van der Waals surface area contributed by atoms with Crippen LogP contribution in [-0.2, 0) is 0 Å². The van der Waals surface area contributed by atoms with Gasteiger partial charge in [0.05, 0.1) is 0 Å². The summed E-state index contributed by atoms with van der Waals surface area (Å²) in [5, 5.41) is 0. The van der Waals surface area contributed by atoms with Crippen LogP contribution in [0.25, 0.3) is 0 Å². The van der Waals surface area contributed by atoms with Crippen molar-refractivity contribution >= 4 is 15.9 Å². The summed E-state index contributed by atoms with van der Waals surface area (Å²) in [7, 11) is 0. The second-order valence-electron chi connectivity index (χ2n) is 3.97. The van der Waals surface area contributed by atoms with E-state index in [4.69, 9.17) is 10.2 Å². The van der Waals surface area contributed by atoms with Crippen LogP contribution in [0.5, 0.6) is 0 Å². The number of halogens is 1. The molecule has 1 aromatic heterocycles. The minimum absolute atomic E-state index is 0.206. The number of hydrogen-bond donors (Lipinski definition) is 1. The monoisotopic (exact) mass is 229 g/mol. The third-order valence-corrected chi connectivity index (χ3v) is 3.24. The van der Waals surface area contributed by atoms with E-state index < -0.39 is 0 Å². The number of rotatable bonds is 1. The lowest BCUT2D eigenvalue weighted by Crippen LogP contribution is -2.06. The molecular weight excluding hydrogens is 218 g/mol. The lowest BCUT2D eigenvalue weighted by Gasteiger charge is -1.97. The first-order valence-corrected chi connectivity index (χ1v) is 4.83. The highest BCUT2D eigenvalue weighted by molar-refractivity contribution is 9.10. The molecule has 1 fully saturated rings. The Morgan fingerprint density at radius 3 is 2.42 bits per heavy atom. The van der Waals surface area contributed by atoms with E-state index in [0.717, 1.165) is 10.4 Å². The zero-order chi connectivity index (χ0) is 8.93. The molecule has 1 aromatic rings. The van der Waals surface area contributed by atoms with E-state index in [0.29, 0.717) is 5.92 Å². The van der Waals surface area contributed by atoms with Gasteiger partial charge in [-0.1, -0.05) is 13.8 Å². The molecule has 2 atom stereocenters. The summed E-state index contributed by atoms with van der Waals surface area (Å²) in [6.07, 6.45) is 0. The highest BCUT2D eigenvalue weighted by atomic mass is 79.9. The first-order chi connectivity index (χ1) is 5.53. The van der Waals surface area contributed by atoms with Crippen LogP contribution in [0.4, 0.5) is 0 Å². The van der Waals surface area contributed by atoms with Gasteiger partial charge in [0.2, 0.25) is 0 Å². The fraction of sp³-hybridized carbons (Fsp3) is 0.556. The van der Waals surface area contributed by atoms with Crippen molar-refractivity contribution in [3.05, 3.63) is 22.6 Å². The van der Waals surface area contributed by atoms with Crippen LogP contribution in [0.15, 0.2) is 21.2 Å². The quantitative estimate of drug-likeness (QED) is 0.804. The van der Waals surface area contributed by atoms with Gasteiger partial charge in [0.1, 0.15) is 5.76 Å². The van der Waals surface area contributed by atoms with E-state index in [1.54, 1.807) is 0 Å². The average Bonchev–Trinajstić information content (AvgIpc) is 2.38. The Morgan fingerprint density at radius 1 is 1.50 bits per heavy atom. The molecule has 0 bridgehead atoms. The minimum atomic E-state index is 0.206. The van der Waals surface area contributed by atoms with Gasteiger partial charge < -0.3 is 10.2 Å². The molecule has 0 saturated heterocycles. The Hall–Kier alpha value is -0.280. The van der Waals surface area contributed by atoms with Crippen LogP contribution in [0.2, 0.25) is 0 Å². The molecule has 3 heteroatoms. The predicted molar refractivity (Wildman–Crippen MR) is 50.9 cm³/mol. The number of furan rings is 1. The van der Waals surface area contributed by atoms with Crippen molar-refractivity contribution in [2.45, 2.75) is 25.8 Å². The zero-order valence-electron chi connectivity index (χ0n) is 7.17. The lowest BCUT2D eigenvalue weighted by molar-refractivity contribution is 0.465. The minimum Gasteiger partial charge on any atom is -0.454 e. The fourth-order valence-corrected chi connectivity index (χ4v) is 2.04. The molecule has 0 unspecified atom stereocenters. The van der Waals surface area contributed by atoms with Crippen LogP contribution in [0.3, 0.4) is 0 Å². The van der Waals surface area contributed by atoms with Crippen molar-refractivity contribution in [1.82, 2.24) is 0 Å². The highest BCUT2D eigenvalue weighted by Crippen LogP contribution is 2.57. The van der Waals surface area contributed by atoms with Gasteiger partial charge in [-0.05, 0) is 33.5 Å². The summed E-state index contributed by atoms with van der Waals surface area (Å²) >= 11 is 3.28. The molecule has 0 amide bonds. The van der Waals surface area contributed by atoms with Crippen molar-refractivity contribution < 1.29 is 4.42 Å². The van der Waals surface area contributed by atoms with Crippen LogP contribution in [0, 0.1) is 5.41 Å². The van der Waals surface area contributed by atoms with E-state index in [9.17, 15) is 0 Å². The third kappa shape index (κ3) is 1.04. The van der Waals surface area contributed by atoms with Crippen molar-refractivity contribution in [1.29, 1.82) is 0 Å². The average molecular weight is 230 g/mol. The normalized spacial score (nSPS) is 32.0. The van der Waals surface area contributed by atoms with Gasteiger partial charge in [0.15, 0.2) is 4.67 Å². The molecule has 0 aliphatic heterocycles. The predicted octanol–water partition coefficient (Wildman–Crippen LogP) is 2.49. The Bertz CT molecular complexity index is 305. The molecule has 1 aliphatic carbocycles. The highest BCUT2D eigenvalue weighted by Gasteiger charge is 2.57. The van der Waals surface area contributed by atoms with Gasteiger partial charge in [-0.2, -0.15) is 0 Å². The summed E-state index contributed by atoms with van der Waals surface area (Å²) in [6.45, 7) is 4.33. The van der Waals surface area contributed by atoms with Crippen molar-refractivity contribution in [3.8, 4) is 0 Å². The first kappa shape index (κ1) is 8.32. The van der Waals surface area contributed by atoms with Crippen LogP contribution in [-0.4, -0.2) is 6.04 Å². The first-order valence-electron chi connectivity index (χ1n) is 4.04. The maximum Gasteiger partial charge on any atom is 0.169 e. The summed E-state index contributed by atoms with van der Waals surface area (Å²) < 4.78 is 6.23. The second-order valence-corrected chi connectivity index (χ2v) is 4.75. The van der Waals surface area contributed by atoms with Crippen molar-refractivity contribution in [3.63, 3.8) is 0 Å². The van der Waals surface area contributed by atoms with Gasteiger partial charge >= 0.3 is 0 Å². The molecule has 2 nitrogen and oxygen atoms in total. The Kier molecular flexibility index (Phi) is 1.64. The van der Waals surface area contributed by atoms with Crippen molar-refractivity contribution in [2.75, 3.05) is 0 Å². The van der Waals surface area contributed by atoms with E-state index in [1.165, 1.54) is 0 Å². The van der Waals surface area contributed by atoms with Gasteiger partial charge in [-0.15, -0.1) is 0 Å². The molecule has 0 spiro atoms. The molecule has 1 heterocycles. The topological polar surface area (TPSA) is 39.2 Å². The van der Waals surface area contributed by atoms with Crippen LogP contribution >= 0.6 is 15.9 Å². The molecular formula is C9H12BrNO. The Morgan fingerprint density at radius 2 is 2.08 bits per heavy atom. The Labute approximate surface area is 80.3 Å². The van der Waals surface area contributed by atoms with Gasteiger partial charge in [0, 0.05) is 12.0 Å². The molecule has 1 saturated carbocycles. The fourth-order valence-electron chi connectivity index (χ4n) is 1.72. The lowest BCUT2D eigenvalue weighted by atomic mass is 10.1. The molecule has 66 valence electrons. The van der Waals surface area contributed by atoms with Crippen LogP contribution in [0.1, 0.15) is 25.5 Å². The van der Waals surface area contributed by atoms with E-state index in [2.05, 4.69) is 29.8 Å². The third-order valence-electron chi connectivity index (χ3n) is 2.81. The molecule has 0 radical (unpaired) electrons. The summed E-state index contributed by atoms with van der Waals surface area (Å²) in [5.74, 6) is 1.39. The summed E-state index contributed by atoms with van der Waals surface area (Å²) in [5.41, 5.74) is 6.12. The van der Waals surface area contributed by atoms with Gasteiger partial charge in [0.25, 0.3) is 0 Å². The summed E-state index contributed by atoms with van der Waals surface area (Å²) in [6, 6.07) is 4.15. The second kappa shape index (κ2) is 2.36. The molecule has 2 N–H and O–H groups in total. The van der Waals surface area contributed by atoms with Crippen LogP contribution < -0.4 is 5.73 Å². The Balaban J connectivity index is 2.24. The van der Waals surface area contributed by atoms with Crippen molar-refractivity contribution in [2.24, 2.45) is 11.1 Å². The van der Waals surface area contributed by atoms with Gasteiger partial charge in [-0.3, -0.25) is 0 Å². The molecule has 2 rings (SSSR count). The maximum absolute atomic E-state index is 5.91.